The second-order valence-corrected chi connectivity index (χ2v) is 3.25. The van der Waals surface area contributed by atoms with Gasteiger partial charge in [-0.05, 0) is 25.9 Å². The first-order valence-electron chi connectivity index (χ1n) is 4.53. The molecule has 0 bridgehead atoms. The molecule has 0 aromatic carbocycles. The number of aliphatic hydroxyl groups excluding tert-OH is 1. The second-order valence-electron chi connectivity index (χ2n) is 3.25. The Bertz CT molecular complexity index is 268. The lowest BCUT2D eigenvalue weighted by Crippen LogP contribution is -2.19. The highest BCUT2D eigenvalue weighted by Crippen LogP contribution is 2.10. The Labute approximate surface area is 76.4 Å². The third-order valence-electron chi connectivity index (χ3n) is 2.21. The van der Waals surface area contributed by atoms with E-state index in [1.54, 1.807) is 0 Å². The molecule has 1 aromatic rings. The summed E-state index contributed by atoms with van der Waals surface area (Å²) in [4.78, 5) is 6.31. The SMILES string of the molecule is OCc1nc(CN2CCCC2)no1. The lowest BCUT2D eigenvalue weighted by Gasteiger charge is -2.10. The van der Waals surface area contributed by atoms with E-state index in [-0.39, 0.29) is 6.61 Å². The maximum Gasteiger partial charge on any atom is 0.252 e. The lowest BCUT2D eigenvalue weighted by atomic mass is 10.4. The number of rotatable bonds is 3. The highest BCUT2D eigenvalue weighted by atomic mass is 16.5. The fourth-order valence-corrected chi connectivity index (χ4v) is 1.56. The van der Waals surface area contributed by atoms with Gasteiger partial charge in [-0.25, -0.2) is 0 Å². The molecule has 0 atom stereocenters. The standard InChI is InChI=1S/C8H13N3O2/c12-6-8-9-7(10-13-8)5-11-3-1-2-4-11/h12H,1-6H2. The molecule has 5 nitrogen and oxygen atoms in total. The first-order chi connectivity index (χ1) is 6.38. The van der Waals surface area contributed by atoms with E-state index in [4.69, 9.17) is 9.63 Å². The van der Waals surface area contributed by atoms with E-state index < -0.39 is 0 Å². The Balaban J connectivity index is 1.92. The summed E-state index contributed by atoms with van der Waals surface area (Å²) in [5, 5.41) is 12.5. The topological polar surface area (TPSA) is 62.4 Å². The maximum absolute atomic E-state index is 8.70. The quantitative estimate of drug-likeness (QED) is 0.723. The molecule has 0 saturated carbocycles. The smallest absolute Gasteiger partial charge is 0.252 e. The minimum Gasteiger partial charge on any atom is -0.387 e. The summed E-state index contributed by atoms with van der Waals surface area (Å²) in [6.07, 6.45) is 2.51. The molecule has 5 heteroatoms. The van der Waals surface area contributed by atoms with E-state index >= 15 is 0 Å². The summed E-state index contributed by atoms with van der Waals surface area (Å²) in [6.45, 7) is 2.79. The maximum atomic E-state index is 8.70. The van der Waals surface area contributed by atoms with E-state index in [0.29, 0.717) is 11.7 Å². The van der Waals surface area contributed by atoms with E-state index in [1.165, 1.54) is 12.8 Å². The molecule has 0 spiro atoms. The van der Waals surface area contributed by atoms with Gasteiger partial charge in [0.2, 0.25) is 0 Å². The Morgan fingerprint density at radius 2 is 2.15 bits per heavy atom. The number of nitrogens with zero attached hydrogens (tertiary/aromatic N) is 3. The molecule has 13 heavy (non-hydrogen) atoms. The molecular weight excluding hydrogens is 170 g/mol. The molecule has 0 aliphatic carbocycles. The molecule has 0 radical (unpaired) electrons. The Morgan fingerprint density at radius 1 is 1.38 bits per heavy atom. The molecule has 1 aromatic heterocycles. The molecular formula is C8H13N3O2. The average molecular weight is 183 g/mol. The van der Waals surface area contributed by atoms with Crippen molar-refractivity contribution in [2.24, 2.45) is 0 Å². The van der Waals surface area contributed by atoms with Gasteiger partial charge in [0.15, 0.2) is 5.82 Å². The van der Waals surface area contributed by atoms with Gasteiger partial charge in [0.1, 0.15) is 6.61 Å². The summed E-state index contributed by atoms with van der Waals surface area (Å²) in [5.41, 5.74) is 0. The van der Waals surface area contributed by atoms with Crippen LogP contribution < -0.4 is 0 Å². The van der Waals surface area contributed by atoms with Crippen molar-refractivity contribution in [3.8, 4) is 0 Å². The van der Waals surface area contributed by atoms with Gasteiger partial charge in [-0.3, -0.25) is 4.90 Å². The summed E-state index contributed by atoms with van der Waals surface area (Å²) >= 11 is 0. The number of likely N-dealkylation sites (tertiary alicyclic amines) is 1. The van der Waals surface area contributed by atoms with Crippen LogP contribution in [0.15, 0.2) is 4.52 Å². The van der Waals surface area contributed by atoms with Crippen LogP contribution in [0, 0.1) is 0 Å². The zero-order chi connectivity index (χ0) is 9.10. The van der Waals surface area contributed by atoms with Crippen LogP contribution in [0.2, 0.25) is 0 Å². The van der Waals surface area contributed by atoms with Crippen LogP contribution in [0.25, 0.3) is 0 Å². The van der Waals surface area contributed by atoms with Gasteiger partial charge >= 0.3 is 0 Å². The average Bonchev–Trinajstić information content (AvgIpc) is 2.76. The fraction of sp³-hybridized carbons (Fsp3) is 0.750. The van der Waals surface area contributed by atoms with E-state index in [2.05, 4.69) is 15.0 Å². The van der Waals surface area contributed by atoms with Gasteiger partial charge in [0.05, 0.1) is 6.54 Å². The van der Waals surface area contributed by atoms with Crippen LogP contribution in [-0.2, 0) is 13.2 Å². The predicted octanol–water partition coefficient (Wildman–Crippen LogP) is 0.158. The number of aromatic nitrogens is 2. The normalized spacial score (nSPS) is 18.2. The van der Waals surface area contributed by atoms with Crippen LogP contribution in [0.5, 0.6) is 0 Å². The third kappa shape index (κ3) is 2.05. The largest absolute Gasteiger partial charge is 0.387 e. The number of hydrogen-bond acceptors (Lipinski definition) is 5. The van der Waals surface area contributed by atoms with Crippen molar-refractivity contribution < 1.29 is 9.63 Å². The lowest BCUT2D eigenvalue weighted by molar-refractivity contribution is 0.222. The fourth-order valence-electron chi connectivity index (χ4n) is 1.56. The molecule has 1 saturated heterocycles. The van der Waals surface area contributed by atoms with Crippen molar-refractivity contribution in [1.82, 2.24) is 15.0 Å². The highest BCUT2D eigenvalue weighted by Gasteiger charge is 2.14. The van der Waals surface area contributed by atoms with Crippen molar-refractivity contribution in [1.29, 1.82) is 0 Å². The summed E-state index contributed by atoms with van der Waals surface area (Å²) in [7, 11) is 0. The highest BCUT2D eigenvalue weighted by molar-refractivity contribution is 4.85. The first kappa shape index (κ1) is 8.65. The van der Waals surface area contributed by atoms with Crippen molar-refractivity contribution in [2.45, 2.75) is 26.0 Å². The van der Waals surface area contributed by atoms with Crippen molar-refractivity contribution in [3.63, 3.8) is 0 Å². The summed E-state index contributed by atoms with van der Waals surface area (Å²) < 4.78 is 4.79. The van der Waals surface area contributed by atoms with Crippen molar-refractivity contribution >= 4 is 0 Å². The van der Waals surface area contributed by atoms with Gasteiger partial charge in [-0.2, -0.15) is 4.98 Å². The second kappa shape index (κ2) is 3.85. The molecule has 0 amide bonds. The summed E-state index contributed by atoms with van der Waals surface area (Å²) in [5.74, 6) is 0.972. The molecule has 1 aliphatic heterocycles. The molecule has 0 unspecified atom stereocenters. The number of hydrogen-bond donors (Lipinski definition) is 1. The third-order valence-corrected chi connectivity index (χ3v) is 2.21. The minimum atomic E-state index is -0.174. The van der Waals surface area contributed by atoms with Gasteiger partial charge in [-0.1, -0.05) is 5.16 Å². The minimum absolute atomic E-state index is 0.174. The van der Waals surface area contributed by atoms with E-state index in [0.717, 1.165) is 19.6 Å². The Hall–Kier alpha value is -0.940. The molecule has 2 rings (SSSR count). The van der Waals surface area contributed by atoms with Crippen molar-refractivity contribution in [3.05, 3.63) is 11.7 Å². The van der Waals surface area contributed by atoms with Gasteiger partial charge in [0.25, 0.3) is 5.89 Å². The van der Waals surface area contributed by atoms with Gasteiger partial charge in [-0.15, -0.1) is 0 Å². The molecule has 72 valence electrons. The van der Waals surface area contributed by atoms with Gasteiger partial charge in [0, 0.05) is 0 Å². The van der Waals surface area contributed by atoms with Crippen LogP contribution in [0.1, 0.15) is 24.6 Å². The first-order valence-corrected chi connectivity index (χ1v) is 4.53. The molecule has 1 N–H and O–H groups in total. The van der Waals surface area contributed by atoms with E-state index in [1.807, 2.05) is 0 Å². The van der Waals surface area contributed by atoms with Gasteiger partial charge < -0.3 is 9.63 Å². The predicted molar refractivity (Wildman–Crippen MR) is 44.7 cm³/mol. The van der Waals surface area contributed by atoms with Crippen molar-refractivity contribution in [2.75, 3.05) is 13.1 Å². The van der Waals surface area contributed by atoms with Crippen LogP contribution >= 0.6 is 0 Å². The van der Waals surface area contributed by atoms with Crippen LogP contribution in [-0.4, -0.2) is 33.2 Å². The molecule has 1 aliphatic rings. The van der Waals surface area contributed by atoms with E-state index in [9.17, 15) is 0 Å². The zero-order valence-electron chi connectivity index (χ0n) is 7.44. The molecule has 2 heterocycles. The number of aliphatic hydroxyl groups is 1. The van der Waals surface area contributed by atoms with Crippen LogP contribution in [0.4, 0.5) is 0 Å². The Kier molecular flexibility index (Phi) is 2.56. The monoisotopic (exact) mass is 183 g/mol. The molecule has 1 fully saturated rings. The van der Waals surface area contributed by atoms with Crippen LogP contribution in [0.3, 0.4) is 0 Å². The Morgan fingerprint density at radius 3 is 2.77 bits per heavy atom. The zero-order valence-corrected chi connectivity index (χ0v) is 7.44. The summed E-state index contributed by atoms with van der Waals surface area (Å²) in [6, 6.07) is 0.